The Kier molecular flexibility index (Phi) is 12.4. The van der Waals surface area contributed by atoms with Crippen molar-refractivity contribution in [1.82, 2.24) is 4.90 Å². The lowest BCUT2D eigenvalue weighted by molar-refractivity contribution is -0.146. The molecule has 1 heterocycles. The van der Waals surface area contributed by atoms with E-state index in [4.69, 9.17) is 9.47 Å². The molecule has 5 heteroatoms. The van der Waals surface area contributed by atoms with E-state index in [0.29, 0.717) is 6.42 Å². The highest BCUT2D eigenvalue weighted by molar-refractivity contribution is 5.82. The maximum Gasteiger partial charge on any atom is 0.315 e. The largest absolute Gasteiger partial charge is 0.468 e. The highest BCUT2D eigenvalue weighted by atomic mass is 16.5. The van der Waals surface area contributed by atoms with Gasteiger partial charge in [0.05, 0.1) is 24.7 Å². The van der Waals surface area contributed by atoms with E-state index in [0.717, 1.165) is 50.0 Å². The van der Waals surface area contributed by atoms with Crippen LogP contribution in [0.15, 0.2) is 84.9 Å². The molecule has 1 atom stereocenters. The van der Waals surface area contributed by atoms with Crippen molar-refractivity contribution in [3.05, 3.63) is 107 Å². The summed E-state index contributed by atoms with van der Waals surface area (Å²) in [6, 6.07) is 28.6. The van der Waals surface area contributed by atoms with Gasteiger partial charge in [0.1, 0.15) is 6.10 Å². The third kappa shape index (κ3) is 8.50. The predicted molar refractivity (Wildman–Crippen MR) is 162 cm³/mol. The molecule has 40 heavy (non-hydrogen) atoms. The second-order valence-corrected chi connectivity index (χ2v) is 10.8. The molecule has 1 unspecified atom stereocenters. The number of hydrogen-bond donors (Lipinski definition) is 1. The fourth-order valence-electron chi connectivity index (χ4n) is 5.24. The molecule has 4 rings (SSSR count). The molecule has 1 fully saturated rings. The molecule has 0 spiro atoms. The van der Waals surface area contributed by atoms with E-state index in [1.807, 2.05) is 64.1 Å². The van der Waals surface area contributed by atoms with Crippen molar-refractivity contribution < 1.29 is 19.4 Å². The summed E-state index contributed by atoms with van der Waals surface area (Å²) in [6.45, 7) is 10.7. The fourth-order valence-corrected chi connectivity index (χ4v) is 5.24. The fraction of sp³-hybridized carbons (Fsp3) is 0.457. The number of carbonyl (C=O) groups excluding carboxylic acids is 1. The Morgan fingerprint density at radius 1 is 0.875 bits per heavy atom. The van der Waals surface area contributed by atoms with Gasteiger partial charge in [0, 0.05) is 13.1 Å². The van der Waals surface area contributed by atoms with Gasteiger partial charge < -0.3 is 19.5 Å². The lowest BCUT2D eigenvalue weighted by Gasteiger charge is -2.34. The minimum atomic E-state index is -0.712. The number of nitrogens with zero attached hydrogens (tertiary/aromatic N) is 1. The molecule has 3 aromatic rings. The van der Waals surface area contributed by atoms with Gasteiger partial charge in [-0.2, -0.15) is 0 Å². The number of aliphatic hydroxyl groups excluding tert-OH is 1. The number of aliphatic hydroxyl groups is 1. The first-order valence-corrected chi connectivity index (χ1v) is 14.7. The van der Waals surface area contributed by atoms with E-state index in [9.17, 15) is 9.90 Å². The summed E-state index contributed by atoms with van der Waals surface area (Å²) < 4.78 is 11.6. The quantitative estimate of drug-likeness (QED) is 0.257. The van der Waals surface area contributed by atoms with Crippen LogP contribution in [0.2, 0.25) is 0 Å². The van der Waals surface area contributed by atoms with E-state index in [1.54, 1.807) is 0 Å². The predicted octanol–water partition coefficient (Wildman–Crippen LogP) is 7.25. The Morgan fingerprint density at radius 3 is 1.90 bits per heavy atom. The first-order chi connectivity index (χ1) is 19.4. The average molecular weight is 546 g/mol. The van der Waals surface area contributed by atoms with Crippen molar-refractivity contribution >= 4 is 5.97 Å². The lowest BCUT2D eigenvalue weighted by Crippen LogP contribution is -2.38. The molecule has 0 aromatic heterocycles. The Balaban J connectivity index is 0.00000216. The summed E-state index contributed by atoms with van der Waals surface area (Å²) in [7, 11) is 1.41. The van der Waals surface area contributed by atoms with Crippen LogP contribution in [0.3, 0.4) is 0 Å². The Hall–Kier alpha value is -2.99. The molecule has 0 radical (unpaired) electrons. The van der Waals surface area contributed by atoms with Gasteiger partial charge in [-0.3, -0.25) is 4.79 Å². The van der Waals surface area contributed by atoms with Crippen LogP contribution in [0.5, 0.6) is 0 Å². The number of ether oxygens (including phenoxy) is 2. The van der Waals surface area contributed by atoms with Gasteiger partial charge in [-0.05, 0) is 68.3 Å². The molecule has 0 saturated carbocycles. The Labute approximate surface area is 241 Å². The van der Waals surface area contributed by atoms with Crippen LogP contribution < -0.4 is 0 Å². The van der Waals surface area contributed by atoms with Gasteiger partial charge in [-0.15, -0.1) is 0 Å². The number of rotatable bonds is 11. The number of carbonyl (C=O) groups is 1. The molecule has 3 aromatic carbocycles. The van der Waals surface area contributed by atoms with Crippen LogP contribution in [0, 0.1) is 0 Å². The highest BCUT2D eigenvalue weighted by Gasteiger charge is 2.31. The number of methoxy groups -OCH3 is 1. The summed E-state index contributed by atoms with van der Waals surface area (Å²) >= 11 is 0. The van der Waals surface area contributed by atoms with Crippen LogP contribution in [-0.4, -0.2) is 48.8 Å². The normalized spacial score (nSPS) is 15.3. The maximum atomic E-state index is 12.1. The van der Waals surface area contributed by atoms with Gasteiger partial charge >= 0.3 is 5.97 Å². The number of esters is 1. The number of likely N-dealkylation sites (tertiary alicyclic amines) is 1. The molecular weight excluding hydrogens is 498 g/mol. The number of hydrogen-bond acceptors (Lipinski definition) is 5. The van der Waals surface area contributed by atoms with Crippen LogP contribution >= 0.6 is 0 Å². The molecule has 0 aliphatic carbocycles. The third-order valence-electron chi connectivity index (χ3n) is 7.73. The highest BCUT2D eigenvalue weighted by Crippen LogP contribution is 2.31. The van der Waals surface area contributed by atoms with Crippen molar-refractivity contribution in [2.24, 2.45) is 0 Å². The van der Waals surface area contributed by atoms with Crippen LogP contribution in [0.4, 0.5) is 0 Å². The summed E-state index contributed by atoms with van der Waals surface area (Å²) in [5.74, 6) is -0.268. The number of piperidine rings is 1. The molecule has 1 N–H and O–H groups in total. The van der Waals surface area contributed by atoms with Crippen LogP contribution in [-0.2, 0) is 19.7 Å². The van der Waals surface area contributed by atoms with Gasteiger partial charge in [-0.25, -0.2) is 0 Å². The van der Waals surface area contributed by atoms with Crippen molar-refractivity contribution in [2.45, 2.75) is 77.1 Å². The van der Waals surface area contributed by atoms with E-state index >= 15 is 0 Å². The van der Waals surface area contributed by atoms with Gasteiger partial charge in [0.2, 0.25) is 0 Å². The monoisotopic (exact) mass is 545 g/mol. The van der Waals surface area contributed by atoms with Crippen molar-refractivity contribution in [1.29, 1.82) is 0 Å². The summed E-state index contributed by atoms with van der Waals surface area (Å²) in [6.07, 6.45) is 3.33. The topological polar surface area (TPSA) is 59.0 Å². The second-order valence-electron chi connectivity index (χ2n) is 10.8. The molecule has 1 saturated heterocycles. The van der Waals surface area contributed by atoms with Gasteiger partial charge in [-0.1, -0.05) is 98.8 Å². The Morgan fingerprint density at radius 2 is 1.40 bits per heavy atom. The molecule has 5 nitrogen and oxygen atoms in total. The van der Waals surface area contributed by atoms with Crippen LogP contribution in [0.25, 0.3) is 0 Å². The van der Waals surface area contributed by atoms with Crippen molar-refractivity contribution in [3.8, 4) is 0 Å². The molecule has 1 aliphatic rings. The zero-order valence-electron chi connectivity index (χ0n) is 24.9. The van der Waals surface area contributed by atoms with E-state index in [1.165, 1.54) is 18.2 Å². The van der Waals surface area contributed by atoms with Gasteiger partial charge in [0.25, 0.3) is 0 Å². The van der Waals surface area contributed by atoms with E-state index in [-0.39, 0.29) is 18.2 Å². The smallest absolute Gasteiger partial charge is 0.315 e. The minimum absolute atomic E-state index is 0.0475. The molecule has 0 amide bonds. The zero-order valence-corrected chi connectivity index (χ0v) is 24.9. The van der Waals surface area contributed by atoms with Crippen molar-refractivity contribution in [2.75, 3.05) is 26.7 Å². The molecular formula is C35H47NO4. The van der Waals surface area contributed by atoms with E-state index in [2.05, 4.69) is 53.4 Å². The summed E-state index contributed by atoms with van der Waals surface area (Å²) in [5, 5.41) is 10.7. The van der Waals surface area contributed by atoms with Gasteiger partial charge in [0.15, 0.2) is 0 Å². The lowest BCUT2D eigenvalue weighted by atomic mass is 9.84. The molecule has 216 valence electrons. The Bertz CT molecular complexity index is 1080. The zero-order chi connectivity index (χ0) is 29.0. The minimum Gasteiger partial charge on any atom is -0.468 e. The second kappa shape index (κ2) is 15.7. The third-order valence-corrected chi connectivity index (χ3v) is 7.73. The maximum absolute atomic E-state index is 12.1. The summed E-state index contributed by atoms with van der Waals surface area (Å²) in [4.78, 5) is 14.5. The molecule has 0 bridgehead atoms. The first-order valence-electron chi connectivity index (χ1n) is 14.7. The SMILES string of the molecule is CC.COC(=O)C(C)(C)c1ccc(C(O)CCCN2CCC(OC(c3ccccc3)c3ccccc3)CC2)cc1. The van der Waals surface area contributed by atoms with Crippen molar-refractivity contribution in [3.63, 3.8) is 0 Å². The first kappa shape index (κ1) is 31.5. The molecule has 1 aliphatic heterocycles. The van der Waals surface area contributed by atoms with Crippen LogP contribution in [0.1, 0.15) is 87.8 Å². The summed E-state index contributed by atoms with van der Waals surface area (Å²) in [5.41, 5.74) is 3.44. The number of benzene rings is 3. The standard InChI is InChI=1S/C33H41NO4.C2H6/c1-33(2,32(36)37-3)28-18-16-25(17-19-28)30(35)15-10-22-34-23-20-29(21-24-34)38-31(26-11-6-4-7-12-26)27-13-8-5-9-14-27;1-2/h4-9,11-14,16-19,29-31,35H,10,15,20-24H2,1-3H3;1-2H3. The van der Waals surface area contributed by atoms with E-state index < -0.39 is 11.5 Å². The average Bonchev–Trinajstić information content (AvgIpc) is 3.02.